The highest BCUT2D eigenvalue weighted by atomic mass is 79.9. The molecule has 2 N–H and O–H groups in total. The van der Waals surface area contributed by atoms with Gasteiger partial charge in [-0.05, 0) is 45.8 Å². The first kappa shape index (κ1) is 15.7. The van der Waals surface area contributed by atoms with Gasteiger partial charge >= 0.3 is 5.69 Å². The van der Waals surface area contributed by atoms with Gasteiger partial charge in [-0.3, -0.25) is 10.1 Å². The quantitative estimate of drug-likeness (QED) is 0.369. The van der Waals surface area contributed by atoms with Gasteiger partial charge in [-0.1, -0.05) is 6.07 Å². The fourth-order valence-corrected chi connectivity index (χ4v) is 3.37. The van der Waals surface area contributed by atoms with Gasteiger partial charge in [0.05, 0.1) is 12.0 Å². The van der Waals surface area contributed by atoms with Gasteiger partial charge in [0, 0.05) is 26.9 Å². The number of nitro groups is 1. The summed E-state index contributed by atoms with van der Waals surface area (Å²) in [4.78, 5) is 11.6. The van der Waals surface area contributed by atoms with E-state index in [-0.39, 0.29) is 11.4 Å². The number of benzene rings is 2. The van der Waals surface area contributed by atoms with Crippen LogP contribution in [0, 0.1) is 10.1 Å². The number of nitrogens with two attached hydrogens (primary N) is 1. The minimum Gasteiger partial charge on any atom is -0.490 e. The van der Waals surface area contributed by atoms with E-state index >= 15 is 0 Å². The maximum absolute atomic E-state index is 11.0. The van der Waals surface area contributed by atoms with Crippen molar-refractivity contribution >= 4 is 39.1 Å². The van der Waals surface area contributed by atoms with Gasteiger partial charge in [0.15, 0.2) is 5.75 Å². The second-order valence-electron chi connectivity index (χ2n) is 4.24. The van der Waals surface area contributed by atoms with Crippen LogP contribution in [0.3, 0.4) is 0 Å². The molecule has 0 atom stereocenters. The van der Waals surface area contributed by atoms with Crippen molar-refractivity contribution in [2.45, 2.75) is 10.6 Å². The van der Waals surface area contributed by atoms with Crippen molar-refractivity contribution in [2.75, 3.05) is 12.8 Å². The summed E-state index contributed by atoms with van der Waals surface area (Å²) in [5.74, 6) is 0.885. The van der Waals surface area contributed by atoms with Gasteiger partial charge < -0.3 is 10.5 Å². The molecule has 0 saturated carbocycles. The Morgan fingerprint density at radius 2 is 2.10 bits per heavy atom. The molecule has 0 aliphatic carbocycles. The van der Waals surface area contributed by atoms with Crippen LogP contribution in [0.5, 0.6) is 5.75 Å². The number of halogens is 1. The van der Waals surface area contributed by atoms with Crippen molar-refractivity contribution in [3.05, 3.63) is 56.5 Å². The van der Waals surface area contributed by atoms with Crippen molar-refractivity contribution in [3.8, 4) is 5.75 Å². The fraction of sp³-hybridized carbons (Fsp3) is 0.143. The minimum absolute atomic E-state index is 0.0213. The lowest BCUT2D eigenvalue weighted by atomic mass is 10.2. The number of methoxy groups -OCH3 is 1. The van der Waals surface area contributed by atoms with Crippen LogP contribution in [0.15, 0.2) is 45.8 Å². The second kappa shape index (κ2) is 6.82. The van der Waals surface area contributed by atoms with Crippen molar-refractivity contribution in [3.63, 3.8) is 0 Å². The van der Waals surface area contributed by atoms with Crippen LogP contribution in [-0.2, 0) is 5.75 Å². The topological polar surface area (TPSA) is 78.4 Å². The molecule has 0 bridgehead atoms. The first-order chi connectivity index (χ1) is 10.0. The molecule has 2 rings (SSSR count). The molecule has 7 heteroatoms. The molecule has 0 saturated heterocycles. The van der Waals surface area contributed by atoms with Gasteiger partial charge in [-0.25, -0.2) is 0 Å². The molecular weight excluding hydrogens is 356 g/mol. The maximum Gasteiger partial charge on any atom is 0.311 e. The zero-order valence-electron chi connectivity index (χ0n) is 11.2. The third-order valence-corrected chi connectivity index (χ3v) is 4.85. The lowest BCUT2D eigenvalue weighted by Crippen LogP contribution is -1.95. The van der Waals surface area contributed by atoms with Crippen LogP contribution in [-0.4, -0.2) is 12.0 Å². The van der Waals surface area contributed by atoms with Crippen molar-refractivity contribution in [1.29, 1.82) is 0 Å². The number of nitrogen functional groups attached to an aromatic ring is 1. The van der Waals surface area contributed by atoms with Crippen LogP contribution in [0.1, 0.15) is 5.56 Å². The smallest absolute Gasteiger partial charge is 0.311 e. The largest absolute Gasteiger partial charge is 0.490 e. The van der Waals surface area contributed by atoms with E-state index < -0.39 is 4.92 Å². The number of nitro benzene ring substituents is 1. The Bertz CT molecular complexity index is 679. The Morgan fingerprint density at radius 3 is 2.71 bits per heavy atom. The molecule has 0 aliphatic rings. The van der Waals surface area contributed by atoms with Crippen LogP contribution in [0.2, 0.25) is 0 Å². The van der Waals surface area contributed by atoms with Gasteiger partial charge in [0.2, 0.25) is 0 Å². The Hall–Kier alpha value is -1.73. The average Bonchev–Trinajstić information content (AvgIpc) is 2.46. The summed E-state index contributed by atoms with van der Waals surface area (Å²) in [5.41, 5.74) is 7.21. The number of rotatable bonds is 5. The molecular formula is C14H13BrN2O3S. The highest BCUT2D eigenvalue weighted by Gasteiger charge is 2.15. The van der Waals surface area contributed by atoms with E-state index in [1.54, 1.807) is 17.8 Å². The van der Waals surface area contributed by atoms with E-state index in [9.17, 15) is 10.1 Å². The van der Waals surface area contributed by atoms with E-state index in [0.29, 0.717) is 11.4 Å². The van der Waals surface area contributed by atoms with Crippen LogP contribution in [0.25, 0.3) is 0 Å². The molecule has 0 heterocycles. The summed E-state index contributed by atoms with van der Waals surface area (Å²) < 4.78 is 5.90. The molecule has 0 unspecified atom stereocenters. The van der Waals surface area contributed by atoms with Crippen LogP contribution < -0.4 is 10.5 Å². The van der Waals surface area contributed by atoms with Gasteiger partial charge in [0.25, 0.3) is 0 Å². The van der Waals surface area contributed by atoms with E-state index in [4.69, 9.17) is 10.5 Å². The first-order valence-electron chi connectivity index (χ1n) is 6.00. The van der Waals surface area contributed by atoms with Crippen LogP contribution >= 0.6 is 27.7 Å². The maximum atomic E-state index is 11.0. The third kappa shape index (κ3) is 3.89. The monoisotopic (exact) mass is 368 g/mol. The van der Waals surface area contributed by atoms with E-state index in [1.165, 1.54) is 13.2 Å². The molecule has 0 amide bonds. The average molecular weight is 369 g/mol. The normalized spacial score (nSPS) is 10.4. The summed E-state index contributed by atoms with van der Waals surface area (Å²) in [5, 5.41) is 11.0. The number of hydrogen-bond donors (Lipinski definition) is 1. The highest BCUT2D eigenvalue weighted by molar-refractivity contribution is 9.10. The van der Waals surface area contributed by atoms with Gasteiger partial charge in [-0.15, -0.1) is 11.8 Å². The first-order valence-corrected chi connectivity index (χ1v) is 7.78. The second-order valence-corrected chi connectivity index (χ2v) is 6.11. The highest BCUT2D eigenvalue weighted by Crippen LogP contribution is 2.34. The van der Waals surface area contributed by atoms with E-state index in [2.05, 4.69) is 15.9 Å². The SMILES string of the molecule is COc1ccc(CSc2ccc(N)cc2Br)cc1[N+](=O)[O-]. The van der Waals surface area contributed by atoms with Crippen molar-refractivity contribution in [2.24, 2.45) is 0 Å². The molecule has 0 radical (unpaired) electrons. The summed E-state index contributed by atoms with van der Waals surface area (Å²) in [6.07, 6.45) is 0. The molecule has 0 fully saturated rings. The lowest BCUT2D eigenvalue weighted by Gasteiger charge is -2.07. The van der Waals surface area contributed by atoms with Crippen molar-refractivity contribution < 1.29 is 9.66 Å². The number of anilines is 1. The molecule has 0 aliphatic heterocycles. The van der Waals surface area contributed by atoms with Crippen LogP contribution in [0.4, 0.5) is 11.4 Å². The molecule has 0 spiro atoms. The number of thioether (sulfide) groups is 1. The summed E-state index contributed by atoms with van der Waals surface area (Å²) in [6.45, 7) is 0. The predicted molar refractivity (Wildman–Crippen MR) is 87.8 cm³/mol. The fourth-order valence-electron chi connectivity index (χ4n) is 1.76. The predicted octanol–water partition coefficient (Wildman–Crippen LogP) is 4.24. The Morgan fingerprint density at radius 1 is 1.33 bits per heavy atom. The third-order valence-electron chi connectivity index (χ3n) is 2.79. The lowest BCUT2D eigenvalue weighted by molar-refractivity contribution is -0.385. The Labute approximate surface area is 134 Å². The standard InChI is InChI=1S/C14H13BrN2O3S/c1-20-13-4-2-9(6-12(13)17(18)19)8-21-14-5-3-10(16)7-11(14)15/h2-7H,8,16H2,1H3. The summed E-state index contributed by atoms with van der Waals surface area (Å²) in [6, 6.07) is 10.6. The molecule has 2 aromatic rings. The Balaban J connectivity index is 2.16. The molecule has 2 aromatic carbocycles. The molecule has 21 heavy (non-hydrogen) atoms. The zero-order chi connectivity index (χ0) is 15.4. The minimum atomic E-state index is -0.438. The number of ether oxygens (including phenoxy) is 1. The van der Waals surface area contributed by atoms with Gasteiger partial charge in [-0.2, -0.15) is 0 Å². The van der Waals surface area contributed by atoms with E-state index in [0.717, 1.165) is 14.9 Å². The van der Waals surface area contributed by atoms with Crippen molar-refractivity contribution in [1.82, 2.24) is 0 Å². The number of hydrogen-bond acceptors (Lipinski definition) is 5. The zero-order valence-corrected chi connectivity index (χ0v) is 13.6. The Kier molecular flexibility index (Phi) is 5.08. The summed E-state index contributed by atoms with van der Waals surface area (Å²) in [7, 11) is 1.42. The molecule has 5 nitrogen and oxygen atoms in total. The van der Waals surface area contributed by atoms with Gasteiger partial charge in [0.1, 0.15) is 0 Å². The number of nitrogens with zero attached hydrogens (tertiary/aromatic N) is 1. The van der Waals surface area contributed by atoms with E-state index in [1.807, 2.05) is 24.3 Å². The molecule has 0 aromatic heterocycles. The molecule has 110 valence electrons. The summed E-state index contributed by atoms with van der Waals surface area (Å²) >= 11 is 5.03.